The van der Waals surface area contributed by atoms with Gasteiger partial charge in [-0.1, -0.05) is 23.2 Å². The van der Waals surface area contributed by atoms with E-state index in [0.29, 0.717) is 6.07 Å². The van der Waals surface area contributed by atoms with Gasteiger partial charge in [0, 0.05) is 19.2 Å². The van der Waals surface area contributed by atoms with Gasteiger partial charge >= 0.3 is 11.9 Å². The molecule has 0 spiro atoms. The quantitative estimate of drug-likeness (QED) is 0.360. The summed E-state index contributed by atoms with van der Waals surface area (Å²) in [5.41, 5.74) is -5.25. The number of carboxylic acids is 1. The Balaban J connectivity index is 2.13. The molecule has 0 unspecified atom stereocenters. The molecule has 34 heavy (non-hydrogen) atoms. The lowest BCUT2D eigenvalue weighted by Gasteiger charge is -2.16. The number of carbonyl (C=O) groups excluding carboxylic acids is 1. The van der Waals surface area contributed by atoms with Crippen LogP contribution in [0.2, 0.25) is 10.2 Å². The van der Waals surface area contributed by atoms with Crippen LogP contribution < -0.4 is 25.8 Å². The molecule has 0 radical (unpaired) electrons. The molecule has 0 fully saturated rings. The van der Waals surface area contributed by atoms with Crippen LogP contribution in [0, 0.1) is 5.82 Å². The average molecular weight is 523 g/mol. The van der Waals surface area contributed by atoms with Gasteiger partial charge in [0.2, 0.25) is 0 Å². The number of carboxylic acid groups (broad SMARTS) is 1. The van der Waals surface area contributed by atoms with Crippen molar-refractivity contribution in [2.45, 2.75) is 6.18 Å². The van der Waals surface area contributed by atoms with E-state index in [1.165, 1.54) is 12.1 Å². The zero-order valence-electron chi connectivity index (χ0n) is 16.7. The Morgan fingerprint density at radius 2 is 1.82 bits per heavy atom. The molecule has 2 heterocycles. The van der Waals surface area contributed by atoms with E-state index in [1.807, 2.05) is 0 Å². The first-order valence-electron chi connectivity index (χ1n) is 8.86. The molecule has 3 aromatic rings. The van der Waals surface area contributed by atoms with Crippen molar-refractivity contribution in [2.24, 2.45) is 7.05 Å². The topological polar surface area (TPSA) is 115 Å². The van der Waals surface area contributed by atoms with Crippen LogP contribution in [0.15, 0.2) is 39.9 Å². The van der Waals surface area contributed by atoms with Gasteiger partial charge in [0.1, 0.15) is 29.0 Å². The van der Waals surface area contributed by atoms with Gasteiger partial charge in [-0.05, 0) is 18.2 Å². The molecule has 0 N–H and O–H groups in total. The molecule has 15 heteroatoms. The zero-order chi connectivity index (χ0) is 25.4. The maximum Gasteiger partial charge on any atom is 0.431 e. The first kappa shape index (κ1) is 25.1. The van der Waals surface area contributed by atoms with Crippen LogP contribution >= 0.6 is 23.2 Å². The predicted molar refractivity (Wildman–Crippen MR) is 107 cm³/mol. The summed E-state index contributed by atoms with van der Waals surface area (Å²) in [6.45, 7) is -0.927. The highest BCUT2D eigenvalue weighted by molar-refractivity contribution is 6.32. The third-order valence-corrected chi connectivity index (χ3v) is 4.70. The Labute approximate surface area is 196 Å². The Bertz CT molecular complexity index is 1400. The van der Waals surface area contributed by atoms with Crippen LogP contribution in [0.25, 0.3) is 5.69 Å². The molecule has 0 saturated carbocycles. The van der Waals surface area contributed by atoms with Gasteiger partial charge in [-0.2, -0.15) is 18.2 Å². The van der Waals surface area contributed by atoms with E-state index in [2.05, 4.69) is 4.98 Å². The van der Waals surface area contributed by atoms with Crippen molar-refractivity contribution in [3.8, 4) is 23.1 Å². The summed E-state index contributed by atoms with van der Waals surface area (Å²) in [6.07, 6.45) is -5.01. The molecule has 0 aliphatic rings. The first-order valence-corrected chi connectivity index (χ1v) is 9.62. The molecular weight excluding hydrogens is 513 g/mol. The highest BCUT2D eigenvalue weighted by atomic mass is 35.5. The molecule has 0 aliphatic heterocycles. The van der Waals surface area contributed by atoms with Crippen LogP contribution in [0.3, 0.4) is 0 Å². The largest absolute Gasteiger partial charge is 0.546 e. The Morgan fingerprint density at radius 3 is 2.44 bits per heavy atom. The molecule has 0 bridgehead atoms. The SMILES string of the molecule is Cn1c(C(F)(F)F)cc(=O)n(-c2cc(Oc3ccc(Cl)nc3OCC(=O)[O-])c(Cl)cc2F)c1=O. The number of nitrogens with zero attached hydrogens (tertiary/aromatic N) is 3. The summed E-state index contributed by atoms with van der Waals surface area (Å²) in [7, 11) is 0.757. The van der Waals surface area contributed by atoms with E-state index in [9.17, 15) is 37.1 Å². The average Bonchev–Trinajstić information content (AvgIpc) is 2.72. The number of alkyl halides is 3. The predicted octanol–water partition coefficient (Wildman–Crippen LogP) is 2.32. The number of pyridine rings is 1. The van der Waals surface area contributed by atoms with E-state index in [-0.39, 0.29) is 36.9 Å². The summed E-state index contributed by atoms with van der Waals surface area (Å²) in [6, 6.07) is 4.00. The van der Waals surface area contributed by atoms with E-state index >= 15 is 0 Å². The number of aliphatic carboxylic acids is 1. The summed E-state index contributed by atoms with van der Waals surface area (Å²) in [5.74, 6) is -3.86. The lowest BCUT2D eigenvalue weighted by atomic mass is 10.2. The fourth-order valence-corrected chi connectivity index (χ4v) is 3.05. The van der Waals surface area contributed by atoms with Gasteiger partial charge in [-0.3, -0.25) is 9.36 Å². The lowest BCUT2D eigenvalue weighted by Crippen LogP contribution is -2.41. The Hall–Kier alpha value is -3.58. The standard InChI is InChI=1S/C19H11Cl2F4N3O6/c1-27-13(19(23,24)25)6-15(29)28(18(27)32)10-5-12(8(20)4-9(10)22)34-11-2-3-14(21)26-17(11)33-7-16(30)31/h2-6H,7H2,1H3,(H,30,31)/p-1. The first-order chi connectivity index (χ1) is 15.8. The molecule has 9 nitrogen and oxygen atoms in total. The van der Waals surface area contributed by atoms with Gasteiger partial charge < -0.3 is 19.4 Å². The van der Waals surface area contributed by atoms with Crippen LogP contribution in [-0.4, -0.2) is 26.7 Å². The third-order valence-electron chi connectivity index (χ3n) is 4.19. The van der Waals surface area contributed by atoms with E-state index in [4.69, 9.17) is 32.7 Å². The summed E-state index contributed by atoms with van der Waals surface area (Å²) >= 11 is 11.7. The minimum Gasteiger partial charge on any atom is -0.546 e. The number of hydrogen-bond donors (Lipinski definition) is 0. The summed E-state index contributed by atoms with van der Waals surface area (Å²) < 4.78 is 64.5. The number of halogens is 6. The van der Waals surface area contributed by atoms with Crippen LogP contribution in [0.5, 0.6) is 17.4 Å². The molecule has 180 valence electrons. The zero-order valence-corrected chi connectivity index (χ0v) is 18.2. The maximum atomic E-state index is 14.6. The number of rotatable bonds is 6. The molecular formula is C19H10Cl2F4N3O6-. The van der Waals surface area contributed by atoms with E-state index < -0.39 is 53.1 Å². The molecule has 3 rings (SSSR count). The van der Waals surface area contributed by atoms with Gasteiger partial charge in [0.15, 0.2) is 5.75 Å². The van der Waals surface area contributed by atoms with Gasteiger partial charge in [0.25, 0.3) is 11.4 Å². The number of aromatic nitrogens is 3. The Kier molecular flexibility index (Phi) is 6.89. The molecule has 0 amide bonds. The van der Waals surface area contributed by atoms with Crippen molar-refractivity contribution in [2.75, 3.05) is 6.61 Å². The number of ether oxygens (including phenoxy) is 2. The van der Waals surface area contributed by atoms with Crippen molar-refractivity contribution in [1.82, 2.24) is 14.1 Å². The van der Waals surface area contributed by atoms with Crippen molar-refractivity contribution >= 4 is 29.2 Å². The van der Waals surface area contributed by atoms with Crippen molar-refractivity contribution in [3.63, 3.8) is 0 Å². The van der Waals surface area contributed by atoms with E-state index in [0.717, 1.165) is 13.1 Å². The molecule has 0 saturated heterocycles. The van der Waals surface area contributed by atoms with Crippen molar-refractivity contribution < 1.29 is 36.9 Å². The second-order valence-corrected chi connectivity index (χ2v) is 7.27. The van der Waals surface area contributed by atoms with Gasteiger partial charge in [0.05, 0.1) is 16.7 Å². The Morgan fingerprint density at radius 1 is 1.15 bits per heavy atom. The number of carbonyl (C=O) groups is 1. The van der Waals surface area contributed by atoms with Crippen LogP contribution in [0.4, 0.5) is 17.6 Å². The molecule has 1 aromatic carbocycles. The van der Waals surface area contributed by atoms with Crippen LogP contribution in [0.1, 0.15) is 5.69 Å². The van der Waals surface area contributed by atoms with Crippen LogP contribution in [-0.2, 0) is 18.0 Å². The molecule has 2 aromatic heterocycles. The number of benzene rings is 1. The monoisotopic (exact) mass is 522 g/mol. The highest BCUT2D eigenvalue weighted by Crippen LogP contribution is 2.37. The fourth-order valence-electron chi connectivity index (χ4n) is 2.72. The van der Waals surface area contributed by atoms with Crippen molar-refractivity contribution in [3.05, 3.63) is 72.9 Å². The van der Waals surface area contributed by atoms with Gasteiger partial charge in [-0.15, -0.1) is 0 Å². The maximum absolute atomic E-state index is 14.6. The lowest BCUT2D eigenvalue weighted by molar-refractivity contribution is -0.307. The summed E-state index contributed by atoms with van der Waals surface area (Å²) in [5, 5.41) is 10.2. The van der Waals surface area contributed by atoms with Gasteiger partial charge in [-0.25, -0.2) is 13.8 Å². The number of hydrogen-bond acceptors (Lipinski definition) is 7. The fraction of sp³-hybridized carbons (Fsp3) is 0.158. The second kappa shape index (κ2) is 9.35. The summed E-state index contributed by atoms with van der Waals surface area (Å²) in [4.78, 5) is 39.2. The highest BCUT2D eigenvalue weighted by Gasteiger charge is 2.35. The minimum absolute atomic E-state index is 0.105. The minimum atomic E-state index is -5.01. The van der Waals surface area contributed by atoms with E-state index in [1.54, 1.807) is 0 Å². The second-order valence-electron chi connectivity index (χ2n) is 6.48. The molecule has 0 aliphatic carbocycles. The normalized spacial score (nSPS) is 11.4. The molecule has 0 atom stereocenters. The smallest absolute Gasteiger partial charge is 0.431 e. The van der Waals surface area contributed by atoms with Crippen molar-refractivity contribution in [1.29, 1.82) is 0 Å². The third kappa shape index (κ3) is 5.15.